The van der Waals surface area contributed by atoms with Crippen molar-refractivity contribution in [1.29, 1.82) is 0 Å². The van der Waals surface area contributed by atoms with E-state index in [0.717, 1.165) is 21.9 Å². The summed E-state index contributed by atoms with van der Waals surface area (Å²) in [6.45, 7) is 0.521. The fourth-order valence-corrected chi connectivity index (χ4v) is 3.00. The van der Waals surface area contributed by atoms with E-state index in [0.29, 0.717) is 12.2 Å². The second kappa shape index (κ2) is 8.40. The van der Waals surface area contributed by atoms with Crippen LogP contribution in [0, 0.1) is 0 Å². The van der Waals surface area contributed by atoms with E-state index in [-0.39, 0.29) is 5.91 Å². The molecule has 3 nitrogen and oxygen atoms in total. The van der Waals surface area contributed by atoms with Crippen LogP contribution in [0.4, 0.5) is 5.69 Å². The van der Waals surface area contributed by atoms with Gasteiger partial charge in [0.25, 0.3) is 5.91 Å². The molecule has 0 saturated heterocycles. The summed E-state index contributed by atoms with van der Waals surface area (Å²) in [4.78, 5) is 13.4. The van der Waals surface area contributed by atoms with Crippen molar-refractivity contribution in [2.24, 2.45) is 0 Å². The minimum Gasteiger partial charge on any atom is -0.489 e. The molecule has 0 radical (unpaired) electrons. The number of carbonyl (C=O) groups is 1. The lowest BCUT2D eigenvalue weighted by molar-refractivity contribution is 0.102. The Morgan fingerprint density at radius 2 is 1.60 bits per heavy atom. The van der Waals surface area contributed by atoms with E-state index in [4.69, 9.17) is 4.74 Å². The van der Waals surface area contributed by atoms with E-state index in [1.165, 1.54) is 0 Å². The van der Waals surface area contributed by atoms with Crippen LogP contribution in [-0.4, -0.2) is 12.2 Å². The zero-order valence-electron chi connectivity index (χ0n) is 13.9. The highest BCUT2D eigenvalue weighted by atomic mass is 32.2. The summed E-state index contributed by atoms with van der Waals surface area (Å²) in [7, 11) is 0. The van der Waals surface area contributed by atoms with Crippen LogP contribution in [0.25, 0.3) is 0 Å². The van der Waals surface area contributed by atoms with Gasteiger partial charge in [-0.25, -0.2) is 0 Å². The summed E-state index contributed by atoms with van der Waals surface area (Å²) in [6.07, 6.45) is 1.96. The molecule has 3 rings (SSSR count). The fraction of sp³-hybridized carbons (Fsp3) is 0.0952. The minimum atomic E-state index is -0.108. The van der Waals surface area contributed by atoms with Gasteiger partial charge in [0.15, 0.2) is 0 Å². The molecule has 1 N–H and O–H groups in total. The Hall–Kier alpha value is -2.72. The van der Waals surface area contributed by atoms with Gasteiger partial charge in [0.05, 0.1) is 5.56 Å². The second-order valence-electron chi connectivity index (χ2n) is 5.45. The van der Waals surface area contributed by atoms with Gasteiger partial charge in [-0.1, -0.05) is 42.5 Å². The molecule has 0 aliphatic rings. The van der Waals surface area contributed by atoms with Crippen LogP contribution in [-0.2, 0) is 6.61 Å². The van der Waals surface area contributed by atoms with E-state index >= 15 is 0 Å². The Bertz CT molecular complexity index is 832. The quantitative estimate of drug-likeness (QED) is 0.619. The van der Waals surface area contributed by atoms with Gasteiger partial charge in [-0.3, -0.25) is 4.79 Å². The third kappa shape index (κ3) is 4.64. The molecule has 0 aliphatic carbocycles. The number of carbonyl (C=O) groups excluding carboxylic acids is 1. The number of benzene rings is 3. The third-order valence-electron chi connectivity index (χ3n) is 3.71. The van der Waals surface area contributed by atoms with Gasteiger partial charge in [0, 0.05) is 10.6 Å². The molecule has 0 aromatic heterocycles. The normalized spacial score (nSPS) is 10.3. The maximum absolute atomic E-state index is 12.4. The molecule has 0 heterocycles. The van der Waals surface area contributed by atoms with Gasteiger partial charge in [0.1, 0.15) is 12.4 Å². The van der Waals surface area contributed by atoms with Crippen molar-refractivity contribution in [2.45, 2.75) is 11.5 Å². The molecule has 3 aromatic rings. The summed E-state index contributed by atoms with van der Waals surface area (Å²) in [5.74, 6) is 0.661. The van der Waals surface area contributed by atoms with Crippen LogP contribution in [0.5, 0.6) is 5.75 Å². The zero-order valence-corrected chi connectivity index (χ0v) is 14.8. The number of amides is 1. The topological polar surface area (TPSA) is 38.3 Å². The maximum atomic E-state index is 12.4. The predicted molar refractivity (Wildman–Crippen MR) is 103 cm³/mol. The highest BCUT2D eigenvalue weighted by Crippen LogP contribution is 2.22. The van der Waals surface area contributed by atoms with Crippen molar-refractivity contribution in [3.63, 3.8) is 0 Å². The van der Waals surface area contributed by atoms with Crippen molar-refractivity contribution in [1.82, 2.24) is 0 Å². The van der Waals surface area contributed by atoms with Crippen molar-refractivity contribution in [3.05, 3.63) is 90.0 Å². The number of hydrogen-bond acceptors (Lipinski definition) is 3. The summed E-state index contributed by atoms with van der Waals surface area (Å²) in [5.41, 5.74) is 2.54. The number of ether oxygens (including phenoxy) is 1. The van der Waals surface area contributed by atoms with E-state index < -0.39 is 0 Å². The monoisotopic (exact) mass is 349 g/mol. The molecule has 25 heavy (non-hydrogen) atoms. The molecule has 0 saturated carbocycles. The molecule has 0 aliphatic heterocycles. The first-order chi connectivity index (χ1) is 12.3. The van der Waals surface area contributed by atoms with Gasteiger partial charge in [0.2, 0.25) is 0 Å². The van der Waals surface area contributed by atoms with Crippen LogP contribution in [0.3, 0.4) is 0 Å². The Labute approximate surface area is 152 Å². The largest absolute Gasteiger partial charge is 0.489 e. The van der Waals surface area contributed by atoms with Crippen molar-refractivity contribution >= 4 is 23.4 Å². The molecule has 126 valence electrons. The van der Waals surface area contributed by atoms with Gasteiger partial charge >= 0.3 is 0 Å². The average Bonchev–Trinajstić information content (AvgIpc) is 2.68. The van der Waals surface area contributed by atoms with Crippen molar-refractivity contribution in [2.75, 3.05) is 11.6 Å². The molecule has 0 unspecified atom stereocenters. The Balaban J connectivity index is 1.61. The first-order valence-electron chi connectivity index (χ1n) is 7.97. The molecule has 3 aromatic carbocycles. The van der Waals surface area contributed by atoms with Gasteiger partial charge < -0.3 is 10.1 Å². The fourth-order valence-electron chi connectivity index (χ4n) is 2.41. The zero-order chi connectivity index (χ0) is 17.5. The number of anilines is 1. The standard InChI is InChI=1S/C21H19NO2S/c1-25-20-10-6-5-9-19(20)21(23)22-17-11-13-18(14-12-17)24-15-16-7-3-2-4-8-16/h2-14H,15H2,1H3,(H,22,23). The Morgan fingerprint density at radius 1 is 0.920 bits per heavy atom. The summed E-state index contributed by atoms with van der Waals surface area (Å²) >= 11 is 1.56. The Kier molecular flexibility index (Phi) is 5.75. The Morgan fingerprint density at radius 3 is 2.32 bits per heavy atom. The smallest absolute Gasteiger partial charge is 0.256 e. The highest BCUT2D eigenvalue weighted by molar-refractivity contribution is 7.98. The van der Waals surface area contributed by atoms with E-state index in [9.17, 15) is 4.79 Å². The lowest BCUT2D eigenvalue weighted by Crippen LogP contribution is -2.12. The SMILES string of the molecule is CSc1ccccc1C(=O)Nc1ccc(OCc2ccccc2)cc1. The predicted octanol–water partition coefficient (Wildman–Crippen LogP) is 5.24. The summed E-state index contributed by atoms with van der Waals surface area (Å²) < 4.78 is 5.76. The van der Waals surface area contributed by atoms with Crippen molar-refractivity contribution < 1.29 is 9.53 Å². The van der Waals surface area contributed by atoms with Crippen molar-refractivity contribution in [3.8, 4) is 5.75 Å². The number of nitrogens with one attached hydrogen (secondary N) is 1. The molecule has 0 fully saturated rings. The maximum Gasteiger partial charge on any atom is 0.256 e. The van der Waals surface area contributed by atoms with Gasteiger partial charge in [-0.05, 0) is 48.2 Å². The first-order valence-corrected chi connectivity index (χ1v) is 9.20. The van der Waals surface area contributed by atoms with Gasteiger partial charge in [-0.15, -0.1) is 11.8 Å². The van der Waals surface area contributed by atoms with E-state index in [1.54, 1.807) is 11.8 Å². The van der Waals surface area contributed by atoms with Crippen LogP contribution in [0.2, 0.25) is 0 Å². The van der Waals surface area contributed by atoms with Crippen LogP contribution >= 0.6 is 11.8 Å². The molecule has 1 amide bonds. The first kappa shape index (κ1) is 17.1. The van der Waals surface area contributed by atoms with E-state index in [2.05, 4.69) is 5.32 Å². The minimum absolute atomic E-state index is 0.108. The lowest BCUT2D eigenvalue weighted by Gasteiger charge is -2.10. The second-order valence-corrected chi connectivity index (χ2v) is 6.30. The molecular weight excluding hydrogens is 330 g/mol. The average molecular weight is 349 g/mol. The highest BCUT2D eigenvalue weighted by Gasteiger charge is 2.10. The summed E-state index contributed by atoms with van der Waals surface area (Å²) in [5, 5.41) is 2.93. The lowest BCUT2D eigenvalue weighted by atomic mass is 10.2. The molecule has 4 heteroatoms. The number of thioether (sulfide) groups is 1. The molecule has 0 spiro atoms. The van der Waals surface area contributed by atoms with Crippen LogP contribution in [0.15, 0.2) is 83.8 Å². The summed E-state index contributed by atoms with van der Waals surface area (Å²) in [6, 6.07) is 25.0. The van der Waals surface area contributed by atoms with Gasteiger partial charge in [-0.2, -0.15) is 0 Å². The van der Waals surface area contributed by atoms with Crippen LogP contribution in [0.1, 0.15) is 15.9 Å². The van der Waals surface area contributed by atoms with E-state index in [1.807, 2.05) is 85.1 Å². The van der Waals surface area contributed by atoms with Crippen LogP contribution < -0.4 is 10.1 Å². The molecule has 0 atom stereocenters. The number of rotatable bonds is 6. The third-order valence-corrected chi connectivity index (χ3v) is 4.51. The number of hydrogen-bond donors (Lipinski definition) is 1. The molecular formula is C21H19NO2S. The molecule has 0 bridgehead atoms.